The number of aromatic nitrogens is 1. The number of nitriles is 1. The second kappa shape index (κ2) is 8.92. The Balaban J connectivity index is 2.66. The smallest absolute Gasteiger partial charge is 0.207 e. The van der Waals surface area contributed by atoms with Crippen LogP contribution in [-0.2, 0) is 12.0 Å². The van der Waals surface area contributed by atoms with Gasteiger partial charge in [0.15, 0.2) is 11.3 Å². The van der Waals surface area contributed by atoms with E-state index in [9.17, 15) is 0 Å². The maximum Gasteiger partial charge on any atom is 0.207 e. The van der Waals surface area contributed by atoms with E-state index >= 15 is 0 Å². The molecular formula is C20H25ClN4O2. The van der Waals surface area contributed by atoms with Gasteiger partial charge in [-0.1, -0.05) is 45.7 Å². The van der Waals surface area contributed by atoms with E-state index in [1.807, 2.05) is 12.3 Å². The molecule has 0 bridgehead atoms. The molecule has 0 fully saturated rings. The minimum atomic E-state index is -0.165. The van der Waals surface area contributed by atoms with Gasteiger partial charge in [0.25, 0.3) is 0 Å². The lowest BCUT2D eigenvalue weighted by Crippen LogP contribution is -2.18. The molecule has 2 aromatic rings. The molecule has 0 spiro atoms. The van der Waals surface area contributed by atoms with Crippen LogP contribution in [0.25, 0.3) is 0 Å². The first kappa shape index (κ1) is 20.8. The van der Waals surface area contributed by atoms with Gasteiger partial charge in [-0.3, -0.25) is 0 Å². The Labute approximate surface area is 164 Å². The third-order valence-corrected chi connectivity index (χ3v) is 4.19. The van der Waals surface area contributed by atoms with Crippen molar-refractivity contribution >= 4 is 17.4 Å². The van der Waals surface area contributed by atoms with Crippen LogP contribution < -0.4 is 10.2 Å². The lowest BCUT2D eigenvalue weighted by atomic mass is 9.94. The van der Waals surface area contributed by atoms with Gasteiger partial charge in [0.05, 0.1) is 19.2 Å². The van der Waals surface area contributed by atoms with Gasteiger partial charge < -0.3 is 9.26 Å². The molecule has 0 aliphatic heterocycles. The Bertz CT molecular complexity index is 927. The number of halogens is 1. The first-order chi connectivity index (χ1) is 12.8. The predicted molar refractivity (Wildman–Crippen MR) is 106 cm³/mol. The molecule has 0 aliphatic rings. The van der Waals surface area contributed by atoms with Gasteiger partial charge in [0.1, 0.15) is 11.5 Å². The normalized spacial score (nSPS) is 12.9. The summed E-state index contributed by atoms with van der Waals surface area (Å²) < 4.78 is 13.1. The van der Waals surface area contributed by atoms with Crippen LogP contribution >= 0.6 is 11.6 Å². The zero-order chi connectivity index (χ0) is 20.0. The summed E-state index contributed by atoms with van der Waals surface area (Å²) in [5, 5.41) is 9.66. The molecule has 27 heavy (non-hydrogen) atoms. The van der Waals surface area contributed by atoms with Crippen LogP contribution in [0.3, 0.4) is 0 Å². The molecule has 0 saturated carbocycles. The summed E-state index contributed by atoms with van der Waals surface area (Å²) >= 11 is 6.13. The number of rotatable bonds is 5. The highest BCUT2D eigenvalue weighted by molar-refractivity contribution is 6.31. The summed E-state index contributed by atoms with van der Waals surface area (Å²) in [6, 6.07) is 7.01. The van der Waals surface area contributed by atoms with E-state index in [1.54, 1.807) is 30.0 Å². The van der Waals surface area contributed by atoms with Crippen LogP contribution in [0.15, 0.2) is 38.8 Å². The summed E-state index contributed by atoms with van der Waals surface area (Å²) in [6.07, 6.45) is 3.79. The Morgan fingerprint density at radius 1 is 1.33 bits per heavy atom. The third-order valence-electron chi connectivity index (χ3n) is 3.96. The van der Waals surface area contributed by atoms with Gasteiger partial charge in [0, 0.05) is 16.5 Å². The quantitative estimate of drug-likeness (QED) is 0.424. The zero-order valence-electron chi connectivity index (χ0n) is 16.4. The molecule has 0 saturated heterocycles. The molecule has 1 aromatic heterocycles. The fourth-order valence-corrected chi connectivity index (χ4v) is 2.61. The van der Waals surface area contributed by atoms with E-state index in [0.29, 0.717) is 28.4 Å². The number of hydrogen-bond donors (Lipinski definition) is 0. The SMILES string of the molecule is CCCCn1oc(C(C)(C)C)cc1=NC(=NC#N)c1cc(Cl)ccc1OC. The molecule has 0 unspecified atom stereocenters. The second-order valence-corrected chi connectivity index (χ2v) is 7.59. The van der Waals surface area contributed by atoms with Crippen LogP contribution in [0, 0.1) is 11.5 Å². The van der Waals surface area contributed by atoms with Crippen LogP contribution in [-0.4, -0.2) is 17.7 Å². The largest absolute Gasteiger partial charge is 0.496 e. The third kappa shape index (κ3) is 5.24. The molecule has 1 heterocycles. The number of unbranched alkanes of at least 4 members (excludes halogenated alkanes) is 1. The highest BCUT2D eigenvalue weighted by atomic mass is 35.5. The molecule has 1 aromatic carbocycles. The van der Waals surface area contributed by atoms with Crippen molar-refractivity contribution in [1.29, 1.82) is 5.26 Å². The average molecular weight is 389 g/mol. The number of hydrogen-bond acceptors (Lipinski definition) is 4. The Morgan fingerprint density at radius 3 is 2.67 bits per heavy atom. The number of ether oxygens (including phenoxy) is 1. The second-order valence-electron chi connectivity index (χ2n) is 7.16. The van der Waals surface area contributed by atoms with Crippen LogP contribution in [0.4, 0.5) is 0 Å². The summed E-state index contributed by atoms with van der Waals surface area (Å²) in [4.78, 5) is 8.51. The van der Waals surface area contributed by atoms with Crippen LogP contribution in [0.5, 0.6) is 5.75 Å². The topological polar surface area (TPSA) is 75.8 Å². The number of benzene rings is 1. The van der Waals surface area contributed by atoms with Crippen molar-refractivity contribution in [2.24, 2.45) is 9.98 Å². The van der Waals surface area contributed by atoms with E-state index < -0.39 is 0 Å². The summed E-state index contributed by atoms with van der Waals surface area (Å²) in [5.74, 6) is 1.58. The first-order valence-electron chi connectivity index (χ1n) is 8.87. The number of aliphatic imine (C=N–C) groups is 1. The van der Waals surface area contributed by atoms with Gasteiger partial charge >= 0.3 is 0 Å². The minimum Gasteiger partial charge on any atom is -0.496 e. The fraction of sp³-hybridized carbons (Fsp3) is 0.450. The Kier molecular flexibility index (Phi) is 6.86. The predicted octanol–water partition coefficient (Wildman–Crippen LogP) is 4.67. The van der Waals surface area contributed by atoms with Gasteiger partial charge in [-0.25, -0.2) is 4.99 Å². The van der Waals surface area contributed by atoms with Gasteiger partial charge in [-0.2, -0.15) is 15.0 Å². The maximum atomic E-state index is 9.15. The molecule has 144 valence electrons. The lowest BCUT2D eigenvalue weighted by Gasteiger charge is -2.13. The molecule has 0 aliphatic carbocycles. The van der Waals surface area contributed by atoms with Crippen molar-refractivity contribution < 1.29 is 9.26 Å². The van der Waals surface area contributed by atoms with Crippen molar-refractivity contribution in [3.8, 4) is 11.9 Å². The molecule has 2 rings (SSSR count). The zero-order valence-corrected chi connectivity index (χ0v) is 17.2. The van der Waals surface area contributed by atoms with Crippen LogP contribution in [0.2, 0.25) is 5.02 Å². The molecule has 7 heteroatoms. The highest BCUT2D eigenvalue weighted by Crippen LogP contribution is 2.24. The summed E-state index contributed by atoms with van der Waals surface area (Å²) in [6.45, 7) is 9.03. The molecule has 0 amide bonds. The molecule has 0 radical (unpaired) electrons. The van der Waals surface area contributed by atoms with Gasteiger partial charge in [0.2, 0.25) is 6.19 Å². The van der Waals surface area contributed by atoms with Gasteiger partial charge in [-0.15, -0.1) is 0 Å². The van der Waals surface area contributed by atoms with E-state index in [2.05, 4.69) is 37.7 Å². The number of aryl methyl sites for hydroxylation is 1. The number of nitrogens with zero attached hydrogens (tertiary/aromatic N) is 4. The summed E-state index contributed by atoms with van der Waals surface area (Å²) in [5.41, 5.74) is 0.985. The van der Waals surface area contributed by atoms with Crippen molar-refractivity contribution in [2.45, 2.75) is 52.5 Å². The van der Waals surface area contributed by atoms with E-state index in [0.717, 1.165) is 18.6 Å². The number of amidine groups is 1. The van der Waals surface area contributed by atoms with Crippen molar-refractivity contribution in [1.82, 2.24) is 4.74 Å². The molecule has 0 N–H and O–H groups in total. The Hall–Kier alpha value is -2.52. The molecule has 0 atom stereocenters. The maximum absolute atomic E-state index is 9.15. The lowest BCUT2D eigenvalue weighted by molar-refractivity contribution is 0.214. The number of methoxy groups -OCH3 is 1. The monoisotopic (exact) mass is 388 g/mol. The van der Waals surface area contributed by atoms with Gasteiger partial charge in [-0.05, 0) is 24.6 Å². The van der Waals surface area contributed by atoms with Crippen molar-refractivity contribution in [3.63, 3.8) is 0 Å². The minimum absolute atomic E-state index is 0.165. The van der Waals surface area contributed by atoms with E-state index in [-0.39, 0.29) is 11.3 Å². The van der Waals surface area contributed by atoms with Crippen LogP contribution in [0.1, 0.15) is 51.9 Å². The standard InChI is InChI=1S/C20H25ClN4O2/c1-6-7-10-25-18(12-17(27-25)20(2,3)4)24-19(23-13-22)15-11-14(21)8-9-16(15)26-5/h8-9,11-12H,6-7,10H2,1-5H3. The Morgan fingerprint density at radius 2 is 2.07 bits per heavy atom. The average Bonchev–Trinajstić information content (AvgIpc) is 3.02. The van der Waals surface area contributed by atoms with Crippen molar-refractivity contribution in [3.05, 3.63) is 46.1 Å². The van der Waals surface area contributed by atoms with E-state index in [1.165, 1.54) is 0 Å². The fourth-order valence-electron chi connectivity index (χ4n) is 2.44. The summed E-state index contributed by atoms with van der Waals surface area (Å²) in [7, 11) is 1.55. The molecule has 6 nitrogen and oxygen atoms in total. The molecular weight excluding hydrogens is 364 g/mol. The highest BCUT2D eigenvalue weighted by Gasteiger charge is 2.20. The van der Waals surface area contributed by atoms with E-state index in [4.69, 9.17) is 26.1 Å². The van der Waals surface area contributed by atoms with Crippen molar-refractivity contribution in [2.75, 3.05) is 7.11 Å². The first-order valence-corrected chi connectivity index (χ1v) is 9.25.